The normalized spacial score (nSPS) is 13.9. The first-order valence-corrected chi connectivity index (χ1v) is 12.9. The minimum Gasteiger partial charge on any atom is -0.497 e. The highest BCUT2D eigenvalue weighted by molar-refractivity contribution is 5.99. The average Bonchev–Trinajstić information content (AvgIpc) is 2.93. The largest absolute Gasteiger partial charge is 0.497 e. The number of esters is 2. The highest BCUT2D eigenvalue weighted by Gasteiger charge is 2.28. The summed E-state index contributed by atoms with van der Waals surface area (Å²) < 4.78 is 29.5. The van der Waals surface area contributed by atoms with Gasteiger partial charge in [0.15, 0.2) is 11.5 Å². The van der Waals surface area contributed by atoms with Crippen molar-refractivity contribution < 1.29 is 33.3 Å². The van der Waals surface area contributed by atoms with E-state index in [1.54, 1.807) is 44.8 Å². The number of rotatable bonds is 10. The Kier molecular flexibility index (Phi) is 8.73. The average molecular weight is 552 g/mol. The zero-order valence-corrected chi connectivity index (χ0v) is 23.5. The summed E-state index contributed by atoms with van der Waals surface area (Å²) in [6, 6.07) is 6.86. The number of carbonyl (C=O) groups is 2. The third-order valence-corrected chi connectivity index (χ3v) is 6.15. The number of fused-ring (bicyclic) bond motifs is 4. The quantitative estimate of drug-likeness (QED) is 0.275. The lowest BCUT2D eigenvalue weighted by molar-refractivity contribution is -0.131. The second kappa shape index (κ2) is 12.2. The molecule has 40 heavy (non-hydrogen) atoms. The maximum absolute atomic E-state index is 14.2. The molecule has 1 aliphatic rings. The summed E-state index contributed by atoms with van der Waals surface area (Å²) in [5.74, 6) is -0.139. The monoisotopic (exact) mass is 551 g/mol. The number of hydrogen-bond acceptors (Lipinski definition) is 10. The Hall–Kier alpha value is -4.38. The Balaban J connectivity index is 2.00. The molecule has 0 amide bonds. The molecule has 4 rings (SSSR count). The van der Waals surface area contributed by atoms with Crippen LogP contribution in [0.5, 0.6) is 28.7 Å². The van der Waals surface area contributed by atoms with Crippen molar-refractivity contribution in [2.24, 2.45) is 0 Å². The molecule has 1 aliphatic heterocycles. The van der Waals surface area contributed by atoms with E-state index < -0.39 is 17.5 Å². The minimum absolute atomic E-state index is 0.0114. The smallest absolute Gasteiger partial charge is 0.336 e. The zero-order valence-electron chi connectivity index (χ0n) is 23.5. The summed E-state index contributed by atoms with van der Waals surface area (Å²) in [6.45, 7) is 4.62. The molecule has 1 aromatic heterocycles. The molecule has 0 unspecified atom stereocenters. The molecule has 0 radical (unpaired) electrons. The van der Waals surface area contributed by atoms with Crippen LogP contribution in [0, 0.1) is 0 Å². The maximum Gasteiger partial charge on any atom is 0.336 e. The predicted octanol–water partition coefficient (Wildman–Crippen LogP) is 3.12. The summed E-state index contributed by atoms with van der Waals surface area (Å²) in [5, 5.41) is 0.0466. The van der Waals surface area contributed by atoms with Gasteiger partial charge in [-0.3, -0.25) is 9.36 Å². The van der Waals surface area contributed by atoms with Crippen LogP contribution >= 0.6 is 0 Å². The van der Waals surface area contributed by atoms with E-state index >= 15 is 0 Å². The second-order valence-electron chi connectivity index (χ2n) is 9.77. The molecular weight excluding hydrogens is 518 g/mol. The van der Waals surface area contributed by atoms with Crippen LogP contribution in [0.15, 0.2) is 41.2 Å². The van der Waals surface area contributed by atoms with Gasteiger partial charge < -0.3 is 28.6 Å². The summed E-state index contributed by atoms with van der Waals surface area (Å²) in [7, 11) is 7.04. The van der Waals surface area contributed by atoms with E-state index in [4.69, 9.17) is 28.7 Å². The van der Waals surface area contributed by atoms with Gasteiger partial charge in [-0.2, -0.15) is 0 Å². The SMILES string of the molecule is COc1ccc(OC)c(Cc2nc3cc4c(OC(C)C)c(c3c(=O)n2CCCN(C)C)OC(=O)/C=C\C(=O)O4)c1. The Bertz CT molecular complexity index is 1520. The number of hydrogen-bond donors (Lipinski definition) is 0. The molecule has 2 aromatic carbocycles. The lowest BCUT2D eigenvalue weighted by Crippen LogP contribution is -2.28. The van der Waals surface area contributed by atoms with E-state index in [9.17, 15) is 14.4 Å². The number of aromatic nitrogens is 2. The van der Waals surface area contributed by atoms with Gasteiger partial charge in [0.1, 0.15) is 22.7 Å². The molecular formula is C29H33N3O8. The van der Waals surface area contributed by atoms with Gasteiger partial charge >= 0.3 is 11.9 Å². The van der Waals surface area contributed by atoms with E-state index in [1.165, 1.54) is 6.07 Å². The summed E-state index contributed by atoms with van der Waals surface area (Å²) in [5.41, 5.74) is 0.530. The van der Waals surface area contributed by atoms with Crippen molar-refractivity contribution in [3.8, 4) is 28.7 Å². The standard InChI is InChI=1S/C29H33N3O8/c1-17(2)38-27-22-16-20-26(28(27)40-25(34)11-10-24(33)39-22)29(35)32(13-7-12-31(3)4)23(30-20)15-18-14-19(36-5)8-9-21(18)37-6/h8-11,14,16-17H,7,12-13,15H2,1-6H3/b11-10-. The van der Waals surface area contributed by atoms with Crippen LogP contribution in [0.2, 0.25) is 0 Å². The van der Waals surface area contributed by atoms with Gasteiger partial charge in [-0.05, 0) is 59.1 Å². The fraction of sp³-hybridized carbons (Fsp3) is 0.379. The van der Waals surface area contributed by atoms with Gasteiger partial charge in [-0.1, -0.05) is 0 Å². The van der Waals surface area contributed by atoms with Gasteiger partial charge in [-0.25, -0.2) is 14.6 Å². The van der Waals surface area contributed by atoms with Gasteiger partial charge in [0.05, 0.1) is 25.8 Å². The highest BCUT2D eigenvalue weighted by Crippen LogP contribution is 2.43. The molecule has 0 saturated heterocycles. The van der Waals surface area contributed by atoms with Crippen LogP contribution in [0.3, 0.4) is 0 Å². The highest BCUT2D eigenvalue weighted by atomic mass is 16.6. The molecule has 0 spiro atoms. The number of ether oxygens (including phenoxy) is 5. The van der Waals surface area contributed by atoms with Crippen LogP contribution in [-0.2, 0) is 22.6 Å². The van der Waals surface area contributed by atoms with Crippen molar-refractivity contribution in [3.63, 3.8) is 0 Å². The first-order valence-electron chi connectivity index (χ1n) is 12.9. The molecule has 2 bridgehead atoms. The van der Waals surface area contributed by atoms with Crippen molar-refractivity contribution in [3.05, 3.63) is 58.2 Å². The molecule has 2 heterocycles. The first kappa shape index (κ1) is 28.6. The number of nitrogens with zero attached hydrogens (tertiary/aromatic N) is 3. The molecule has 3 aromatic rings. The Morgan fingerprint density at radius 3 is 2.38 bits per heavy atom. The molecule has 0 saturated carbocycles. The molecule has 0 N–H and O–H groups in total. The minimum atomic E-state index is -0.852. The van der Waals surface area contributed by atoms with E-state index in [-0.39, 0.29) is 40.7 Å². The van der Waals surface area contributed by atoms with Crippen LogP contribution in [0.4, 0.5) is 0 Å². The summed E-state index contributed by atoms with van der Waals surface area (Å²) in [4.78, 5) is 46.0. The van der Waals surface area contributed by atoms with Crippen molar-refractivity contribution in [2.75, 3.05) is 34.9 Å². The van der Waals surface area contributed by atoms with Crippen molar-refractivity contribution in [1.82, 2.24) is 14.5 Å². The fourth-order valence-electron chi connectivity index (χ4n) is 4.38. The molecule has 0 aliphatic carbocycles. The van der Waals surface area contributed by atoms with Crippen LogP contribution < -0.4 is 29.2 Å². The number of carbonyl (C=O) groups excluding carboxylic acids is 2. The predicted molar refractivity (Wildman–Crippen MR) is 148 cm³/mol. The Labute approximate surface area is 231 Å². The molecule has 0 fully saturated rings. The van der Waals surface area contributed by atoms with Crippen molar-refractivity contribution in [1.29, 1.82) is 0 Å². The molecule has 0 atom stereocenters. The van der Waals surface area contributed by atoms with Crippen molar-refractivity contribution >= 4 is 22.8 Å². The topological polar surface area (TPSA) is 118 Å². The fourth-order valence-corrected chi connectivity index (χ4v) is 4.38. The Morgan fingerprint density at radius 2 is 1.73 bits per heavy atom. The summed E-state index contributed by atoms with van der Waals surface area (Å²) >= 11 is 0. The molecule has 212 valence electrons. The van der Waals surface area contributed by atoms with E-state index in [0.717, 1.165) is 24.3 Å². The van der Waals surface area contributed by atoms with E-state index in [0.29, 0.717) is 30.3 Å². The van der Waals surface area contributed by atoms with E-state index in [1.807, 2.05) is 25.1 Å². The van der Waals surface area contributed by atoms with Crippen LogP contribution in [-0.4, -0.2) is 67.4 Å². The molecule has 11 nitrogen and oxygen atoms in total. The van der Waals surface area contributed by atoms with Gasteiger partial charge in [0.25, 0.3) is 5.56 Å². The third kappa shape index (κ3) is 6.26. The molecule has 11 heteroatoms. The van der Waals surface area contributed by atoms with Gasteiger partial charge in [0, 0.05) is 36.7 Å². The van der Waals surface area contributed by atoms with Crippen LogP contribution in [0.1, 0.15) is 31.7 Å². The second-order valence-corrected chi connectivity index (χ2v) is 9.77. The van der Waals surface area contributed by atoms with Crippen molar-refractivity contribution in [2.45, 2.75) is 39.3 Å². The first-order chi connectivity index (χ1) is 19.1. The number of benzene rings is 2. The van der Waals surface area contributed by atoms with Crippen LogP contribution in [0.25, 0.3) is 10.9 Å². The lowest BCUT2D eigenvalue weighted by atomic mass is 10.1. The van der Waals surface area contributed by atoms with Gasteiger partial charge in [-0.15, -0.1) is 0 Å². The maximum atomic E-state index is 14.2. The van der Waals surface area contributed by atoms with E-state index in [2.05, 4.69) is 0 Å². The number of methoxy groups -OCH3 is 2. The summed E-state index contributed by atoms with van der Waals surface area (Å²) in [6.07, 6.45) is 2.41. The Morgan fingerprint density at radius 1 is 1.00 bits per heavy atom. The lowest BCUT2D eigenvalue weighted by Gasteiger charge is -2.20. The zero-order chi connectivity index (χ0) is 29.0. The van der Waals surface area contributed by atoms with Gasteiger partial charge in [0.2, 0.25) is 5.75 Å². The third-order valence-electron chi connectivity index (χ3n) is 6.15.